The van der Waals surface area contributed by atoms with Crippen LogP contribution in [0.25, 0.3) is 0 Å². The minimum absolute atomic E-state index is 0.223. The molecule has 7 heteroatoms. The lowest BCUT2D eigenvalue weighted by atomic mass is 10.2. The first-order valence-electron chi connectivity index (χ1n) is 11.3. The second-order valence-corrected chi connectivity index (χ2v) is 15.3. The molecule has 0 radical (unpaired) electrons. The number of pyridine rings is 1. The standard InChI is InChI=1S/C25H38BrNO4Si/c1-18(2)32(19(3)4,20(5)6)30-17-24(31-23-12-13-25(26)27-14-23)16-29-15-21-8-10-22(28-7)11-9-21/h8-14,18-20,24H,15-17H2,1-7H3/t24-/m0/s1. The van der Waals surface area contributed by atoms with Crippen molar-refractivity contribution in [3.63, 3.8) is 0 Å². The Hall–Kier alpha value is -1.41. The Balaban J connectivity index is 2.09. The SMILES string of the molecule is COc1ccc(COC[C@@H](CO[Si](C(C)C)(C(C)C)C(C)C)Oc2ccc(Br)nc2)cc1. The second kappa shape index (κ2) is 12.7. The molecule has 1 aromatic carbocycles. The van der Waals surface area contributed by atoms with E-state index in [4.69, 9.17) is 18.6 Å². The van der Waals surface area contributed by atoms with Crippen molar-refractivity contribution in [3.05, 3.63) is 52.8 Å². The van der Waals surface area contributed by atoms with Gasteiger partial charge in [-0.15, -0.1) is 0 Å². The van der Waals surface area contributed by atoms with E-state index in [1.54, 1.807) is 13.3 Å². The van der Waals surface area contributed by atoms with Crippen molar-refractivity contribution in [2.45, 2.75) is 70.9 Å². The van der Waals surface area contributed by atoms with Gasteiger partial charge in [-0.1, -0.05) is 53.7 Å². The average Bonchev–Trinajstić information content (AvgIpc) is 2.75. The van der Waals surface area contributed by atoms with Gasteiger partial charge in [0.1, 0.15) is 22.2 Å². The zero-order valence-corrected chi connectivity index (χ0v) is 23.0. The lowest BCUT2D eigenvalue weighted by Crippen LogP contribution is -2.50. The summed E-state index contributed by atoms with van der Waals surface area (Å²) in [5.74, 6) is 1.55. The van der Waals surface area contributed by atoms with E-state index in [-0.39, 0.29) is 6.10 Å². The maximum Gasteiger partial charge on any atom is 0.200 e. The topological polar surface area (TPSA) is 49.8 Å². The molecule has 2 aromatic rings. The number of halogens is 1. The maximum absolute atomic E-state index is 6.79. The van der Waals surface area contributed by atoms with E-state index in [0.717, 1.165) is 15.9 Å². The fourth-order valence-corrected chi connectivity index (χ4v) is 10.2. The summed E-state index contributed by atoms with van der Waals surface area (Å²) in [4.78, 5) is 4.28. The third-order valence-electron chi connectivity index (χ3n) is 5.96. The van der Waals surface area contributed by atoms with Gasteiger partial charge in [-0.2, -0.15) is 0 Å². The Bertz CT molecular complexity index is 775. The van der Waals surface area contributed by atoms with Crippen LogP contribution in [0, 0.1) is 0 Å². The van der Waals surface area contributed by atoms with Crippen LogP contribution in [-0.4, -0.2) is 39.7 Å². The Morgan fingerprint density at radius 1 is 0.844 bits per heavy atom. The summed E-state index contributed by atoms with van der Waals surface area (Å²) in [6.45, 7) is 15.2. The van der Waals surface area contributed by atoms with Gasteiger partial charge in [0, 0.05) is 0 Å². The van der Waals surface area contributed by atoms with Crippen LogP contribution < -0.4 is 9.47 Å². The van der Waals surface area contributed by atoms with Crippen LogP contribution in [0.1, 0.15) is 47.1 Å². The predicted molar refractivity (Wildman–Crippen MR) is 136 cm³/mol. The molecule has 2 rings (SSSR count). The van der Waals surface area contributed by atoms with Crippen molar-refractivity contribution >= 4 is 24.2 Å². The summed E-state index contributed by atoms with van der Waals surface area (Å²) < 4.78 is 25.1. The van der Waals surface area contributed by atoms with Gasteiger partial charge in [0.2, 0.25) is 8.32 Å². The molecular weight excluding hydrogens is 486 g/mol. The van der Waals surface area contributed by atoms with Gasteiger partial charge in [0.15, 0.2) is 0 Å². The molecular formula is C25H38BrNO4Si. The highest BCUT2D eigenvalue weighted by Crippen LogP contribution is 2.42. The Labute approximate surface area is 203 Å². The second-order valence-electron chi connectivity index (χ2n) is 9.05. The van der Waals surface area contributed by atoms with Gasteiger partial charge >= 0.3 is 0 Å². The summed E-state index contributed by atoms with van der Waals surface area (Å²) in [5.41, 5.74) is 2.62. The van der Waals surface area contributed by atoms with Gasteiger partial charge in [0.25, 0.3) is 0 Å². The first kappa shape index (κ1) is 26.8. The molecule has 178 valence electrons. The van der Waals surface area contributed by atoms with Gasteiger partial charge in [-0.05, 0) is 62.4 Å². The third kappa shape index (κ3) is 7.30. The fourth-order valence-electron chi connectivity index (χ4n) is 4.51. The largest absolute Gasteiger partial charge is 0.497 e. The number of methoxy groups -OCH3 is 1. The highest BCUT2D eigenvalue weighted by atomic mass is 79.9. The van der Waals surface area contributed by atoms with Crippen LogP contribution in [0.2, 0.25) is 16.6 Å². The lowest BCUT2D eigenvalue weighted by Gasteiger charge is -2.42. The van der Waals surface area contributed by atoms with E-state index in [0.29, 0.717) is 42.2 Å². The Morgan fingerprint density at radius 2 is 1.44 bits per heavy atom. The van der Waals surface area contributed by atoms with Gasteiger partial charge in [-0.3, -0.25) is 0 Å². The summed E-state index contributed by atoms with van der Waals surface area (Å²) in [6.07, 6.45) is 1.50. The summed E-state index contributed by atoms with van der Waals surface area (Å²) in [6, 6.07) is 11.7. The zero-order chi connectivity index (χ0) is 23.7. The molecule has 5 nitrogen and oxygen atoms in total. The molecule has 0 aliphatic heterocycles. The van der Waals surface area contributed by atoms with E-state index in [9.17, 15) is 0 Å². The van der Waals surface area contributed by atoms with Crippen LogP contribution in [0.3, 0.4) is 0 Å². The van der Waals surface area contributed by atoms with Crippen molar-refractivity contribution in [2.24, 2.45) is 0 Å². The van der Waals surface area contributed by atoms with Crippen molar-refractivity contribution in [3.8, 4) is 11.5 Å². The number of ether oxygens (including phenoxy) is 3. The first-order valence-corrected chi connectivity index (χ1v) is 14.2. The lowest BCUT2D eigenvalue weighted by molar-refractivity contribution is 0.0149. The number of benzene rings is 1. The number of aromatic nitrogens is 1. The molecule has 1 atom stereocenters. The molecule has 0 spiro atoms. The minimum atomic E-state index is -2.00. The number of nitrogens with zero attached hydrogens (tertiary/aromatic N) is 1. The number of rotatable bonds is 13. The molecule has 32 heavy (non-hydrogen) atoms. The first-order chi connectivity index (χ1) is 15.2. The Kier molecular flexibility index (Phi) is 10.7. The van der Waals surface area contributed by atoms with E-state index >= 15 is 0 Å². The van der Waals surface area contributed by atoms with E-state index < -0.39 is 8.32 Å². The summed E-state index contributed by atoms with van der Waals surface area (Å²) in [5, 5.41) is 0. The maximum atomic E-state index is 6.79. The highest BCUT2D eigenvalue weighted by molar-refractivity contribution is 9.10. The van der Waals surface area contributed by atoms with Crippen LogP contribution in [-0.2, 0) is 15.8 Å². The molecule has 0 N–H and O–H groups in total. The molecule has 1 aromatic heterocycles. The molecule has 0 amide bonds. The van der Waals surface area contributed by atoms with Crippen LogP contribution in [0.4, 0.5) is 0 Å². The molecule has 0 saturated carbocycles. The van der Waals surface area contributed by atoms with Gasteiger partial charge in [0.05, 0.1) is 33.1 Å². The molecule has 1 heterocycles. The summed E-state index contributed by atoms with van der Waals surface area (Å²) in [7, 11) is -0.337. The number of hydrogen-bond acceptors (Lipinski definition) is 5. The molecule has 0 bridgehead atoms. The number of hydrogen-bond donors (Lipinski definition) is 0. The normalized spacial score (nSPS) is 13.1. The third-order valence-corrected chi connectivity index (χ3v) is 12.5. The monoisotopic (exact) mass is 523 g/mol. The van der Waals surface area contributed by atoms with E-state index in [2.05, 4.69) is 62.5 Å². The van der Waals surface area contributed by atoms with Crippen molar-refractivity contribution in [1.82, 2.24) is 4.98 Å². The van der Waals surface area contributed by atoms with E-state index in [1.807, 2.05) is 36.4 Å². The van der Waals surface area contributed by atoms with Crippen LogP contribution >= 0.6 is 15.9 Å². The van der Waals surface area contributed by atoms with Crippen LogP contribution in [0.15, 0.2) is 47.2 Å². The molecule has 0 unspecified atom stereocenters. The molecule has 0 saturated heterocycles. The smallest absolute Gasteiger partial charge is 0.200 e. The fraction of sp³-hybridized carbons (Fsp3) is 0.560. The molecule has 0 aliphatic carbocycles. The average molecular weight is 525 g/mol. The van der Waals surface area contributed by atoms with E-state index in [1.165, 1.54) is 0 Å². The highest BCUT2D eigenvalue weighted by Gasteiger charge is 2.45. The molecule has 0 fully saturated rings. The zero-order valence-electron chi connectivity index (χ0n) is 20.4. The Morgan fingerprint density at radius 3 is 1.94 bits per heavy atom. The van der Waals surface area contributed by atoms with Crippen molar-refractivity contribution < 1.29 is 18.6 Å². The minimum Gasteiger partial charge on any atom is -0.497 e. The predicted octanol–water partition coefficient (Wildman–Crippen LogP) is 7.01. The quantitative estimate of drug-likeness (QED) is 0.208. The van der Waals surface area contributed by atoms with Crippen molar-refractivity contribution in [2.75, 3.05) is 20.3 Å². The van der Waals surface area contributed by atoms with Gasteiger partial charge in [-0.25, -0.2) is 4.98 Å². The molecule has 0 aliphatic rings. The van der Waals surface area contributed by atoms with Gasteiger partial charge < -0.3 is 18.6 Å². The van der Waals surface area contributed by atoms with Crippen molar-refractivity contribution in [1.29, 1.82) is 0 Å². The summed E-state index contributed by atoms with van der Waals surface area (Å²) >= 11 is 3.37. The van der Waals surface area contributed by atoms with Crippen LogP contribution in [0.5, 0.6) is 11.5 Å².